The molecule has 0 heterocycles. The van der Waals surface area contributed by atoms with E-state index in [0.29, 0.717) is 0 Å². The van der Waals surface area contributed by atoms with Crippen LogP contribution in [0.1, 0.15) is 213 Å². The summed E-state index contributed by atoms with van der Waals surface area (Å²) in [6.07, 6.45) is 40.3. The Kier molecular flexibility index (Phi) is 45.5. The molecular weight excluding hydrogens is 560 g/mol. The Bertz CT molecular complexity index is 454. The topological polar surface area (TPSA) is 80.3 Å². The summed E-state index contributed by atoms with van der Waals surface area (Å²) in [5.41, 5.74) is 0. The van der Waals surface area contributed by atoms with Gasteiger partial charge in [-0.1, -0.05) is 174 Å². The number of carbonyl (C=O) groups excluding carboxylic acids is 2. The van der Waals surface area contributed by atoms with E-state index in [4.69, 9.17) is 0 Å². The quantitative estimate of drug-likeness (QED) is 0.0422. The molecule has 0 aromatic rings. The molecule has 0 rings (SSSR count). The van der Waals surface area contributed by atoms with Gasteiger partial charge in [-0.15, -0.1) is 0 Å². The first kappa shape index (κ1) is 44.9. The number of hydrogen-bond donors (Lipinski definition) is 0. The van der Waals surface area contributed by atoms with Crippen LogP contribution in [0, 0.1) is 6.42 Å². The number of aliphatic carboxylic acids is 2. The molecule has 0 aromatic carbocycles. The van der Waals surface area contributed by atoms with Gasteiger partial charge in [-0.2, -0.15) is 12.8 Å². The minimum absolute atomic E-state index is 0. The molecule has 0 aliphatic heterocycles. The summed E-state index contributed by atoms with van der Waals surface area (Å²) in [6.45, 7) is 4.48. The largest absolute Gasteiger partial charge is 2.00 e. The first-order chi connectivity index (χ1) is 19.5. The molecule has 0 bridgehead atoms. The Balaban J connectivity index is -0.000000688. The predicted octanol–water partition coefficient (Wildman–Crippen LogP) is 9.81. The summed E-state index contributed by atoms with van der Waals surface area (Å²) in [6, 6.07) is 0. The van der Waals surface area contributed by atoms with Crippen LogP contribution in [-0.2, 0) is 26.7 Å². The molecule has 0 unspecified atom stereocenters. The minimum atomic E-state index is -0.905. The van der Waals surface area contributed by atoms with Crippen molar-refractivity contribution in [3.05, 3.63) is 6.42 Å². The van der Waals surface area contributed by atoms with Crippen LogP contribution < -0.4 is 10.2 Å². The number of unbranched alkanes of at least 4 members (excludes halogenated alkanes) is 28. The number of rotatable bonds is 32. The molecule has 0 spiro atoms. The van der Waals surface area contributed by atoms with Gasteiger partial charge in [0.05, 0.1) is 0 Å². The molecule has 0 atom stereocenters. The minimum Gasteiger partial charge on any atom is -0.550 e. The zero-order chi connectivity index (χ0) is 29.8. The van der Waals surface area contributed by atoms with Crippen LogP contribution in [0.3, 0.4) is 0 Å². The maximum Gasteiger partial charge on any atom is 2.00 e. The molecule has 0 aliphatic carbocycles. The predicted molar refractivity (Wildman–Crippen MR) is 169 cm³/mol. The van der Waals surface area contributed by atoms with Crippen LogP contribution in [0.2, 0.25) is 0 Å². The van der Waals surface area contributed by atoms with Crippen molar-refractivity contribution in [2.45, 2.75) is 213 Å². The molecule has 1 radical (unpaired) electrons. The fraction of sp³-hybridized carbons (Fsp3) is 0.917. The Morgan fingerprint density at radius 3 is 0.902 bits per heavy atom. The van der Waals surface area contributed by atoms with Crippen molar-refractivity contribution in [3.8, 4) is 0 Å². The smallest absolute Gasteiger partial charge is 0.550 e. The molecule has 5 heteroatoms. The summed E-state index contributed by atoms with van der Waals surface area (Å²) in [7, 11) is 0. The normalized spacial score (nSPS) is 10.6. The van der Waals surface area contributed by atoms with Crippen LogP contribution in [0.5, 0.6) is 0 Å². The third-order valence-electron chi connectivity index (χ3n) is 7.81. The van der Waals surface area contributed by atoms with Crippen LogP contribution >= 0.6 is 0 Å². The van der Waals surface area contributed by atoms with E-state index in [1.54, 1.807) is 0 Å². The molecule has 0 amide bonds. The van der Waals surface area contributed by atoms with E-state index in [9.17, 15) is 19.8 Å². The van der Waals surface area contributed by atoms with Crippen LogP contribution in [0.15, 0.2) is 0 Å². The van der Waals surface area contributed by atoms with Crippen molar-refractivity contribution in [3.63, 3.8) is 0 Å². The summed E-state index contributed by atoms with van der Waals surface area (Å²) >= 11 is 0. The molecule has 0 fully saturated rings. The van der Waals surface area contributed by atoms with Crippen molar-refractivity contribution >= 4 is 11.9 Å². The fourth-order valence-corrected chi connectivity index (χ4v) is 5.17. The summed E-state index contributed by atoms with van der Waals surface area (Å²) in [5.74, 6) is -1.81. The molecular formula is C36H69CuO4-. The first-order valence-electron chi connectivity index (χ1n) is 17.8. The Morgan fingerprint density at radius 2 is 0.659 bits per heavy atom. The summed E-state index contributed by atoms with van der Waals surface area (Å²) < 4.78 is 0. The molecule has 41 heavy (non-hydrogen) atoms. The number of carboxylic acids is 2. The van der Waals surface area contributed by atoms with Crippen molar-refractivity contribution in [2.75, 3.05) is 0 Å². The van der Waals surface area contributed by atoms with Gasteiger partial charge in [0.25, 0.3) is 0 Å². The molecule has 0 aliphatic rings. The van der Waals surface area contributed by atoms with Crippen molar-refractivity contribution in [2.24, 2.45) is 0 Å². The zero-order valence-corrected chi connectivity index (χ0v) is 28.4. The van der Waals surface area contributed by atoms with E-state index in [-0.39, 0.29) is 29.9 Å². The molecule has 0 saturated carbocycles. The van der Waals surface area contributed by atoms with Crippen molar-refractivity contribution < 1.29 is 36.9 Å². The summed E-state index contributed by atoms with van der Waals surface area (Å²) in [4.78, 5) is 20.4. The van der Waals surface area contributed by atoms with E-state index < -0.39 is 11.9 Å². The second-order valence-corrected chi connectivity index (χ2v) is 11.9. The average molecular weight is 629 g/mol. The second-order valence-electron chi connectivity index (χ2n) is 11.9. The molecule has 0 N–H and O–H groups in total. The van der Waals surface area contributed by atoms with Gasteiger partial charge in [0.1, 0.15) is 0 Å². The summed E-state index contributed by atoms with van der Waals surface area (Å²) in [5, 5.41) is 20.4. The van der Waals surface area contributed by atoms with Crippen LogP contribution in [0.25, 0.3) is 0 Å². The standard InChI is InChI=1S/C18H36O2.C18H35O2.Cu/c2*1-2-3-4-5-6-7-8-9-10-11-12-13-14-15-16-17-18(19)20;/h2-17H2,1H3,(H,19,20);3H,2,4-17H2,1H3,(H,19,20);/q;-1;+2/p-2. The fourth-order valence-electron chi connectivity index (χ4n) is 5.17. The third-order valence-corrected chi connectivity index (χ3v) is 7.81. The van der Waals surface area contributed by atoms with Gasteiger partial charge in [-0.05, 0) is 25.7 Å². The molecule has 0 aromatic heterocycles. The van der Waals surface area contributed by atoms with Gasteiger partial charge < -0.3 is 26.2 Å². The van der Waals surface area contributed by atoms with Gasteiger partial charge in [0.2, 0.25) is 0 Å². The van der Waals surface area contributed by atoms with E-state index >= 15 is 0 Å². The molecule has 4 nitrogen and oxygen atoms in total. The third kappa shape index (κ3) is 49.5. The van der Waals surface area contributed by atoms with Crippen LogP contribution in [-0.4, -0.2) is 11.9 Å². The molecule has 0 saturated heterocycles. The molecule has 249 valence electrons. The monoisotopic (exact) mass is 628 g/mol. The number of hydrogen-bond acceptors (Lipinski definition) is 4. The first-order valence-corrected chi connectivity index (χ1v) is 17.8. The van der Waals surface area contributed by atoms with Gasteiger partial charge in [-0.25, -0.2) is 0 Å². The average Bonchev–Trinajstić information content (AvgIpc) is 2.93. The van der Waals surface area contributed by atoms with Crippen molar-refractivity contribution in [1.82, 2.24) is 0 Å². The maximum absolute atomic E-state index is 10.2. The Morgan fingerprint density at radius 1 is 0.415 bits per heavy atom. The SMILES string of the molecule is CCCCCCCCCCCCCCCCCC(=O)[O-].CC[CH-]CCCCCCCCCCCCCCC(=O)[O-].[Cu+2]. The number of carboxylic acid groups (broad SMARTS) is 2. The zero-order valence-electron chi connectivity index (χ0n) is 27.4. The van der Waals surface area contributed by atoms with E-state index in [1.165, 1.54) is 161 Å². The Labute approximate surface area is 267 Å². The number of carbonyl (C=O) groups is 2. The van der Waals surface area contributed by atoms with E-state index in [2.05, 4.69) is 20.3 Å². The Hall–Kier alpha value is -0.541. The van der Waals surface area contributed by atoms with Gasteiger partial charge in [0, 0.05) is 11.9 Å². The van der Waals surface area contributed by atoms with Crippen molar-refractivity contribution in [1.29, 1.82) is 0 Å². The van der Waals surface area contributed by atoms with Gasteiger partial charge in [-0.3, -0.25) is 0 Å². The van der Waals surface area contributed by atoms with E-state index in [0.717, 1.165) is 25.7 Å². The van der Waals surface area contributed by atoms with Gasteiger partial charge >= 0.3 is 17.1 Å². The van der Waals surface area contributed by atoms with Crippen LogP contribution in [0.4, 0.5) is 0 Å². The second kappa shape index (κ2) is 41.6. The van der Waals surface area contributed by atoms with Gasteiger partial charge in [0.15, 0.2) is 0 Å². The maximum atomic E-state index is 10.2. The van der Waals surface area contributed by atoms with E-state index in [1.807, 2.05) is 0 Å².